The maximum absolute atomic E-state index is 13.2. The maximum atomic E-state index is 13.2. The molecule has 0 fully saturated rings. The van der Waals surface area contributed by atoms with Crippen LogP contribution in [-0.2, 0) is 4.79 Å². The van der Waals surface area contributed by atoms with E-state index in [1.54, 1.807) is 32.4 Å². The molecule has 1 aliphatic heterocycles. The summed E-state index contributed by atoms with van der Waals surface area (Å²) in [5.41, 5.74) is 2.98. The van der Waals surface area contributed by atoms with Crippen LogP contribution in [0, 0.1) is 6.92 Å². The van der Waals surface area contributed by atoms with Crippen LogP contribution in [0.15, 0.2) is 69.5 Å². The summed E-state index contributed by atoms with van der Waals surface area (Å²) < 4.78 is 1.65. The highest BCUT2D eigenvalue weighted by molar-refractivity contribution is 7.99. The molecular weight excluding hydrogens is 448 g/mol. The predicted octanol–water partition coefficient (Wildman–Crippen LogP) is 4.56. The van der Waals surface area contributed by atoms with Crippen LogP contribution >= 0.6 is 34.4 Å². The molecule has 0 bridgehead atoms. The lowest BCUT2D eigenvalue weighted by Gasteiger charge is -2.20. The number of tetrazole rings is 1. The Morgan fingerprint density at radius 2 is 1.94 bits per heavy atom. The number of hydrogen-bond donors (Lipinski definition) is 0. The van der Waals surface area contributed by atoms with Crippen LogP contribution in [0.4, 0.5) is 0 Å². The van der Waals surface area contributed by atoms with Crippen molar-refractivity contribution in [3.05, 3.63) is 74.6 Å². The van der Waals surface area contributed by atoms with Gasteiger partial charge in [-0.15, -0.1) is 27.8 Å². The Morgan fingerprint density at radius 3 is 2.68 bits per heavy atom. The molecule has 4 heterocycles. The lowest BCUT2D eigenvalue weighted by molar-refractivity contribution is -0.130. The molecule has 3 aromatic heterocycles. The highest BCUT2D eigenvalue weighted by atomic mass is 32.2. The zero-order valence-electron chi connectivity index (χ0n) is 16.6. The van der Waals surface area contributed by atoms with Gasteiger partial charge in [-0.05, 0) is 52.4 Å². The minimum Gasteiger partial charge on any atom is -0.272 e. The molecule has 1 atom stereocenters. The number of nitrogens with zero attached hydrogens (tertiary/aromatic N) is 6. The first-order valence-electron chi connectivity index (χ1n) is 9.64. The van der Waals surface area contributed by atoms with Crippen LogP contribution in [0.2, 0.25) is 0 Å². The van der Waals surface area contributed by atoms with E-state index >= 15 is 0 Å². The third-order valence-corrected chi connectivity index (χ3v) is 7.68. The van der Waals surface area contributed by atoms with Crippen molar-refractivity contribution in [2.24, 2.45) is 5.10 Å². The molecule has 5 rings (SSSR count). The third-order valence-electron chi connectivity index (χ3n) is 4.89. The van der Waals surface area contributed by atoms with Crippen molar-refractivity contribution in [1.82, 2.24) is 25.2 Å². The zero-order valence-corrected chi connectivity index (χ0v) is 19.0. The van der Waals surface area contributed by atoms with Crippen LogP contribution in [0.5, 0.6) is 0 Å². The number of benzene rings is 1. The quantitative estimate of drug-likeness (QED) is 0.389. The molecule has 31 heavy (non-hydrogen) atoms. The van der Waals surface area contributed by atoms with Crippen LogP contribution < -0.4 is 0 Å². The van der Waals surface area contributed by atoms with Gasteiger partial charge in [0.1, 0.15) is 0 Å². The second-order valence-corrected chi connectivity index (χ2v) is 9.86. The Bertz CT molecular complexity index is 1200. The van der Waals surface area contributed by atoms with Gasteiger partial charge in [-0.3, -0.25) is 4.79 Å². The minimum atomic E-state index is -0.0710. The van der Waals surface area contributed by atoms with Gasteiger partial charge < -0.3 is 0 Å². The van der Waals surface area contributed by atoms with Crippen LogP contribution in [0.1, 0.15) is 27.8 Å². The largest absolute Gasteiger partial charge is 0.272 e. The number of carbonyl (C=O) groups is 1. The van der Waals surface area contributed by atoms with E-state index in [9.17, 15) is 4.79 Å². The van der Waals surface area contributed by atoms with Gasteiger partial charge in [-0.25, -0.2) is 5.01 Å². The van der Waals surface area contributed by atoms with Gasteiger partial charge >= 0.3 is 0 Å². The van der Waals surface area contributed by atoms with E-state index in [-0.39, 0.29) is 17.7 Å². The van der Waals surface area contributed by atoms with E-state index < -0.39 is 0 Å². The summed E-state index contributed by atoms with van der Waals surface area (Å²) >= 11 is 4.61. The molecule has 10 heteroatoms. The Morgan fingerprint density at radius 1 is 1.13 bits per heavy atom. The number of hydrogen-bond acceptors (Lipinski definition) is 8. The topological polar surface area (TPSA) is 76.3 Å². The fraction of sp³-hybridized carbons (Fsp3) is 0.190. The van der Waals surface area contributed by atoms with E-state index in [1.165, 1.54) is 11.8 Å². The summed E-state index contributed by atoms with van der Waals surface area (Å²) in [7, 11) is 0. The summed E-state index contributed by atoms with van der Waals surface area (Å²) in [5, 5.41) is 22.9. The van der Waals surface area contributed by atoms with Gasteiger partial charge in [0.05, 0.1) is 28.1 Å². The van der Waals surface area contributed by atoms with Crippen molar-refractivity contribution >= 4 is 46.1 Å². The van der Waals surface area contributed by atoms with Crippen LogP contribution in [-0.4, -0.2) is 42.6 Å². The molecule has 0 saturated heterocycles. The maximum Gasteiger partial charge on any atom is 0.253 e. The van der Waals surface area contributed by atoms with E-state index in [1.807, 2.05) is 60.1 Å². The van der Waals surface area contributed by atoms with E-state index in [0.29, 0.717) is 5.16 Å². The van der Waals surface area contributed by atoms with Gasteiger partial charge in [0, 0.05) is 11.3 Å². The van der Waals surface area contributed by atoms with Crippen molar-refractivity contribution in [2.75, 3.05) is 5.75 Å². The molecule has 1 aromatic carbocycles. The third kappa shape index (κ3) is 4.18. The van der Waals surface area contributed by atoms with Crippen molar-refractivity contribution in [3.63, 3.8) is 0 Å². The lowest BCUT2D eigenvalue weighted by Crippen LogP contribution is -2.28. The SMILES string of the molecule is Cc1ccc(-n2nnnc2SCC(=O)N2N=C(c3cccs3)C[C@H]2c2cccs2)cc1. The van der Waals surface area contributed by atoms with Gasteiger partial charge in [0.25, 0.3) is 5.91 Å². The average Bonchev–Trinajstić information content (AvgIpc) is 3.58. The van der Waals surface area contributed by atoms with E-state index in [2.05, 4.69) is 21.6 Å². The highest BCUT2D eigenvalue weighted by Gasteiger charge is 2.34. The average molecular weight is 467 g/mol. The van der Waals surface area contributed by atoms with Crippen molar-refractivity contribution in [3.8, 4) is 5.69 Å². The Kier molecular flexibility index (Phi) is 5.66. The molecule has 0 N–H and O–H groups in total. The Hall–Kier alpha value is -2.82. The first-order valence-corrected chi connectivity index (χ1v) is 12.4. The first-order chi connectivity index (χ1) is 15.2. The molecule has 1 aliphatic rings. The molecule has 156 valence electrons. The molecular formula is C21H18N6OS3. The predicted molar refractivity (Wildman–Crippen MR) is 124 cm³/mol. The normalized spacial score (nSPS) is 16.0. The first kappa shape index (κ1) is 20.1. The van der Waals surface area contributed by atoms with Gasteiger partial charge in [0.15, 0.2) is 0 Å². The minimum absolute atomic E-state index is 0.0617. The smallest absolute Gasteiger partial charge is 0.253 e. The number of thioether (sulfide) groups is 1. The monoisotopic (exact) mass is 466 g/mol. The second kappa shape index (κ2) is 8.74. The molecule has 0 radical (unpaired) electrons. The molecule has 1 amide bonds. The Labute approximate surface area is 191 Å². The van der Waals surface area contributed by atoms with Gasteiger partial charge in [0.2, 0.25) is 5.16 Å². The summed E-state index contributed by atoms with van der Waals surface area (Å²) in [6.07, 6.45) is 0.721. The van der Waals surface area contributed by atoms with E-state index in [0.717, 1.165) is 33.1 Å². The standard InChI is InChI=1S/C21H18N6OS3/c1-14-6-8-15(9-7-14)26-21(22-24-25-26)31-13-20(28)27-17(19-5-3-11-30-19)12-16(23-27)18-4-2-10-29-18/h2-11,17H,12-13H2,1H3/t17-/m0/s1. The van der Waals surface area contributed by atoms with Crippen molar-refractivity contribution in [1.29, 1.82) is 0 Å². The molecule has 0 spiro atoms. The van der Waals surface area contributed by atoms with Crippen LogP contribution in [0.25, 0.3) is 5.69 Å². The van der Waals surface area contributed by atoms with E-state index in [4.69, 9.17) is 5.10 Å². The number of amides is 1. The van der Waals surface area contributed by atoms with Crippen molar-refractivity contribution < 1.29 is 4.79 Å². The summed E-state index contributed by atoms with van der Waals surface area (Å²) in [6, 6.07) is 16.0. The number of thiophene rings is 2. The summed E-state index contributed by atoms with van der Waals surface area (Å²) in [6.45, 7) is 2.03. The number of rotatable bonds is 6. The molecule has 0 saturated carbocycles. The second-order valence-electron chi connectivity index (χ2n) is 7.00. The van der Waals surface area contributed by atoms with Crippen molar-refractivity contribution in [2.45, 2.75) is 24.5 Å². The molecule has 0 unspecified atom stereocenters. The number of aromatic nitrogens is 4. The van der Waals surface area contributed by atoms with Gasteiger partial charge in [-0.2, -0.15) is 9.78 Å². The fourth-order valence-electron chi connectivity index (χ4n) is 3.34. The Balaban J connectivity index is 1.34. The fourth-order valence-corrected chi connectivity index (χ4v) is 5.62. The van der Waals surface area contributed by atoms with Gasteiger partial charge in [-0.1, -0.05) is 41.6 Å². The zero-order chi connectivity index (χ0) is 21.2. The molecule has 0 aliphatic carbocycles. The molecule has 4 aromatic rings. The number of hydrazone groups is 1. The summed E-state index contributed by atoms with van der Waals surface area (Å²) in [4.78, 5) is 15.4. The number of aryl methyl sites for hydroxylation is 1. The highest BCUT2D eigenvalue weighted by Crippen LogP contribution is 2.36. The summed E-state index contributed by atoms with van der Waals surface area (Å²) in [5.74, 6) is 0.142. The lowest BCUT2D eigenvalue weighted by atomic mass is 10.1. The van der Waals surface area contributed by atoms with Crippen LogP contribution in [0.3, 0.4) is 0 Å². The molecule has 7 nitrogen and oxygen atoms in total. The number of carbonyl (C=O) groups excluding carboxylic acids is 1.